The maximum atomic E-state index is 5.79. The van der Waals surface area contributed by atoms with Gasteiger partial charge in [0.15, 0.2) is 0 Å². The van der Waals surface area contributed by atoms with E-state index in [4.69, 9.17) is 9.47 Å². The molecule has 0 bridgehead atoms. The second kappa shape index (κ2) is 4.86. The molecule has 0 unspecified atom stereocenters. The molecule has 0 atom stereocenters. The molecule has 0 aromatic heterocycles. The van der Waals surface area contributed by atoms with Gasteiger partial charge in [-0.2, -0.15) is 0 Å². The zero-order valence-corrected chi connectivity index (χ0v) is 11.1. The van der Waals surface area contributed by atoms with Crippen LogP contribution in [0.4, 0.5) is 5.69 Å². The van der Waals surface area contributed by atoms with Gasteiger partial charge >= 0.3 is 0 Å². The molecule has 0 spiro atoms. The van der Waals surface area contributed by atoms with Crippen molar-refractivity contribution in [3.8, 4) is 11.5 Å². The van der Waals surface area contributed by atoms with E-state index in [0.29, 0.717) is 6.10 Å². The fourth-order valence-corrected chi connectivity index (χ4v) is 1.65. The molecular formula is C14H21NO2. The van der Waals surface area contributed by atoms with E-state index in [1.807, 2.05) is 40.1 Å². The van der Waals surface area contributed by atoms with Crippen molar-refractivity contribution in [3.63, 3.8) is 0 Å². The van der Waals surface area contributed by atoms with Crippen LogP contribution >= 0.6 is 0 Å². The van der Waals surface area contributed by atoms with Crippen LogP contribution in [0.5, 0.6) is 11.5 Å². The Hall–Kier alpha value is -1.38. The van der Waals surface area contributed by atoms with Crippen LogP contribution < -0.4 is 14.4 Å². The van der Waals surface area contributed by atoms with Crippen LogP contribution in [0.2, 0.25) is 0 Å². The smallest absolute Gasteiger partial charge is 0.143 e. The molecule has 0 amide bonds. The third kappa shape index (κ3) is 3.29. The summed E-state index contributed by atoms with van der Waals surface area (Å²) < 4.78 is 11.6. The summed E-state index contributed by atoms with van der Waals surface area (Å²) in [6.07, 6.45) is 2.98. The highest BCUT2D eigenvalue weighted by atomic mass is 16.5. The molecule has 3 heteroatoms. The van der Waals surface area contributed by atoms with Crippen LogP contribution in [0, 0.1) is 0 Å². The molecular weight excluding hydrogens is 214 g/mol. The Morgan fingerprint density at radius 2 is 1.94 bits per heavy atom. The van der Waals surface area contributed by atoms with Gasteiger partial charge in [-0.05, 0) is 38.8 Å². The summed E-state index contributed by atoms with van der Waals surface area (Å²) in [5.74, 6) is 1.85. The quantitative estimate of drug-likeness (QED) is 0.783. The van der Waals surface area contributed by atoms with Crippen LogP contribution in [0.1, 0.15) is 26.7 Å². The molecule has 2 rings (SSSR count). The first-order valence-electron chi connectivity index (χ1n) is 6.21. The van der Waals surface area contributed by atoms with E-state index in [1.54, 1.807) is 0 Å². The van der Waals surface area contributed by atoms with E-state index in [-0.39, 0.29) is 6.10 Å². The van der Waals surface area contributed by atoms with Crippen molar-refractivity contribution in [3.05, 3.63) is 18.2 Å². The summed E-state index contributed by atoms with van der Waals surface area (Å²) >= 11 is 0. The number of ether oxygens (including phenoxy) is 2. The second-order valence-electron chi connectivity index (χ2n) is 5.01. The topological polar surface area (TPSA) is 21.7 Å². The van der Waals surface area contributed by atoms with E-state index >= 15 is 0 Å². The highest BCUT2D eigenvalue weighted by Gasteiger charge is 2.24. The molecule has 94 valence electrons. The second-order valence-corrected chi connectivity index (χ2v) is 5.01. The molecule has 17 heavy (non-hydrogen) atoms. The first-order chi connectivity index (χ1) is 8.06. The Morgan fingerprint density at radius 3 is 2.47 bits per heavy atom. The Labute approximate surface area is 103 Å². The van der Waals surface area contributed by atoms with Gasteiger partial charge in [0.2, 0.25) is 0 Å². The van der Waals surface area contributed by atoms with Crippen LogP contribution in [-0.4, -0.2) is 26.3 Å². The van der Waals surface area contributed by atoms with Crippen molar-refractivity contribution in [2.24, 2.45) is 0 Å². The lowest BCUT2D eigenvalue weighted by Gasteiger charge is -2.20. The number of anilines is 1. The Morgan fingerprint density at radius 1 is 1.24 bits per heavy atom. The van der Waals surface area contributed by atoms with E-state index in [2.05, 4.69) is 11.0 Å². The van der Waals surface area contributed by atoms with Crippen LogP contribution in [0.15, 0.2) is 18.2 Å². The molecule has 0 N–H and O–H groups in total. The van der Waals surface area contributed by atoms with Gasteiger partial charge in [0, 0.05) is 20.2 Å². The number of rotatable bonds is 5. The SMILES string of the molecule is CC(C)Oc1ccc(OC2CC2)cc1N(C)C. The van der Waals surface area contributed by atoms with Gasteiger partial charge in [0.1, 0.15) is 11.5 Å². The predicted octanol–water partition coefficient (Wildman–Crippen LogP) is 3.08. The van der Waals surface area contributed by atoms with Crippen molar-refractivity contribution in [1.29, 1.82) is 0 Å². The summed E-state index contributed by atoms with van der Waals surface area (Å²) in [6, 6.07) is 6.03. The fourth-order valence-electron chi connectivity index (χ4n) is 1.65. The number of nitrogens with zero attached hydrogens (tertiary/aromatic N) is 1. The highest BCUT2D eigenvalue weighted by Crippen LogP contribution is 2.34. The van der Waals surface area contributed by atoms with Crippen molar-refractivity contribution in [1.82, 2.24) is 0 Å². The Bertz CT molecular complexity index is 384. The number of benzene rings is 1. The summed E-state index contributed by atoms with van der Waals surface area (Å²) in [7, 11) is 4.03. The summed E-state index contributed by atoms with van der Waals surface area (Å²) in [5.41, 5.74) is 1.07. The number of hydrogen-bond donors (Lipinski definition) is 0. The van der Waals surface area contributed by atoms with Crippen molar-refractivity contribution < 1.29 is 9.47 Å². The minimum atomic E-state index is 0.184. The van der Waals surface area contributed by atoms with Crippen LogP contribution in [-0.2, 0) is 0 Å². The Kier molecular flexibility index (Phi) is 3.46. The summed E-state index contributed by atoms with van der Waals surface area (Å²) in [5, 5.41) is 0. The first kappa shape index (κ1) is 12.1. The zero-order chi connectivity index (χ0) is 12.4. The molecule has 1 saturated carbocycles. The van der Waals surface area contributed by atoms with Crippen molar-refractivity contribution in [2.75, 3.05) is 19.0 Å². The average Bonchev–Trinajstić information content (AvgIpc) is 3.03. The standard InChI is InChI=1S/C14H21NO2/c1-10(2)16-14-8-7-12(17-11-5-6-11)9-13(14)15(3)4/h7-11H,5-6H2,1-4H3. The summed E-state index contributed by atoms with van der Waals surface area (Å²) in [6.45, 7) is 4.07. The van der Waals surface area contributed by atoms with E-state index < -0.39 is 0 Å². The molecule has 1 aromatic rings. The minimum absolute atomic E-state index is 0.184. The first-order valence-corrected chi connectivity index (χ1v) is 6.21. The van der Waals surface area contributed by atoms with Crippen molar-refractivity contribution in [2.45, 2.75) is 38.9 Å². The van der Waals surface area contributed by atoms with Crippen LogP contribution in [0.3, 0.4) is 0 Å². The van der Waals surface area contributed by atoms with E-state index in [1.165, 1.54) is 12.8 Å². The van der Waals surface area contributed by atoms with E-state index in [0.717, 1.165) is 17.2 Å². The highest BCUT2D eigenvalue weighted by molar-refractivity contribution is 5.60. The van der Waals surface area contributed by atoms with E-state index in [9.17, 15) is 0 Å². The van der Waals surface area contributed by atoms with Gasteiger partial charge in [0.05, 0.1) is 17.9 Å². The summed E-state index contributed by atoms with van der Waals surface area (Å²) in [4.78, 5) is 2.05. The van der Waals surface area contributed by atoms with Gasteiger partial charge in [-0.3, -0.25) is 0 Å². The van der Waals surface area contributed by atoms with Crippen molar-refractivity contribution >= 4 is 5.69 Å². The molecule has 3 nitrogen and oxygen atoms in total. The van der Waals surface area contributed by atoms with Gasteiger partial charge < -0.3 is 14.4 Å². The van der Waals surface area contributed by atoms with Gasteiger partial charge in [-0.15, -0.1) is 0 Å². The van der Waals surface area contributed by atoms with Crippen LogP contribution in [0.25, 0.3) is 0 Å². The van der Waals surface area contributed by atoms with Gasteiger partial charge in [-0.1, -0.05) is 0 Å². The lowest BCUT2D eigenvalue weighted by Crippen LogP contribution is -2.14. The molecule has 1 fully saturated rings. The minimum Gasteiger partial charge on any atom is -0.490 e. The monoisotopic (exact) mass is 235 g/mol. The lowest BCUT2D eigenvalue weighted by molar-refractivity contribution is 0.242. The third-order valence-corrected chi connectivity index (χ3v) is 2.60. The molecule has 0 aliphatic heterocycles. The zero-order valence-electron chi connectivity index (χ0n) is 11.1. The maximum absolute atomic E-state index is 5.79. The molecule has 0 radical (unpaired) electrons. The van der Waals surface area contributed by atoms with Gasteiger partial charge in [-0.25, -0.2) is 0 Å². The third-order valence-electron chi connectivity index (χ3n) is 2.60. The molecule has 0 heterocycles. The molecule has 1 aromatic carbocycles. The fraction of sp³-hybridized carbons (Fsp3) is 0.571. The Balaban J connectivity index is 2.19. The predicted molar refractivity (Wildman–Crippen MR) is 70.2 cm³/mol. The normalized spacial score (nSPS) is 14.9. The largest absolute Gasteiger partial charge is 0.490 e. The lowest BCUT2D eigenvalue weighted by atomic mass is 10.2. The maximum Gasteiger partial charge on any atom is 0.143 e. The van der Waals surface area contributed by atoms with Gasteiger partial charge in [0.25, 0.3) is 0 Å². The molecule has 0 saturated heterocycles. The average molecular weight is 235 g/mol. The molecule has 1 aliphatic rings. The molecule has 1 aliphatic carbocycles. The number of hydrogen-bond acceptors (Lipinski definition) is 3.